The van der Waals surface area contributed by atoms with Crippen molar-refractivity contribution in [2.24, 2.45) is 0 Å². The Morgan fingerprint density at radius 1 is 0.829 bits per heavy atom. The number of aryl methyl sites for hydroxylation is 1. The van der Waals surface area contributed by atoms with Crippen LogP contribution in [-0.4, -0.2) is 49.2 Å². The molecule has 35 heavy (non-hydrogen) atoms. The van der Waals surface area contributed by atoms with Crippen molar-refractivity contribution in [2.75, 3.05) is 19.7 Å². The van der Waals surface area contributed by atoms with E-state index in [1.165, 1.54) is 35.6 Å². The van der Waals surface area contributed by atoms with Gasteiger partial charge in [0.25, 0.3) is 5.91 Å². The van der Waals surface area contributed by atoms with Crippen molar-refractivity contribution in [3.8, 4) is 5.75 Å². The van der Waals surface area contributed by atoms with E-state index >= 15 is 0 Å². The molecule has 0 fully saturated rings. The highest BCUT2D eigenvalue weighted by Gasteiger charge is 2.14. The topological polar surface area (TPSA) is 128 Å². The van der Waals surface area contributed by atoms with Gasteiger partial charge in [-0.2, -0.15) is 0 Å². The molecule has 0 spiro atoms. The van der Waals surface area contributed by atoms with Gasteiger partial charge in [0.15, 0.2) is 12.4 Å². The van der Waals surface area contributed by atoms with Gasteiger partial charge in [-0.1, -0.05) is 23.8 Å². The second kappa shape index (κ2) is 12.2. The Morgan fingerprint density at radius 2 is 1.51 bits per heavy atom. The number of carbonyl (C=O) groups excluding carboxylic acids is 5. The van der Waals surface area contributed by atoms with E-state index in [2.05, 4.69) is 10.6 Å². The van der Waals surface area contributed by atoms with Gasteiger partial charge in [-0.15, -0.1) is 11.3 Å². The summed E-state index contributed by atoms with van der Waals surface area (Å²) >= 11 is 1.24. The SMILES string of the molecule is Cc1ccc(C(=O)Oc2ccc(C(=O)COC(=O)CNC(=O)CNC(=O)c3cccs3)cc2)cc1. The Hall–Kier alpha value is -4.31. The van der Waals surface area contributed by atoms with Gasteiger partial charge in [-0.3, -0.25) is 19.2 Å². The molecule has 0 aliphatic carbocycles. The first-order valence-electron chi connectivity index (χ1n) is 10.5. The molecule has 2 aromatic carbocycles. The number of Topliss-reactive ketones (excluding diaryl/α,β-unsaturated/α-hetero) is 1. The summed E-state index contributed by atoms with van der Waals surface area (Å²) in [5.41, 5.74) is 1.68. The van der Waals surface area contributed by atoms with Crippen LogP contribution >= 0.6 is 11.3 Å². The highest BCUT2D eigenvalue weighted by molar-refractivity contribution is 7.12. The third-order valence-electron chi connectivity index (χ3n) is 4.62. The van der Waals surface area contributed by atoms with Crippen LogP contribution in [0.5, 0.6) is 5.75 Å². The van der Waals surface area contributed by atoms with Crippen LogP contribution in [0.2, 0.25) is 0 Å². The summed E-state index contributed by atoms with van der Waals surface area (Å²) in [6.07, 6.45) is 0. The van der Waals surface area contributed by atoms with Crippen molar-refractivity contribution in [3.05, 3.63) is 87.6 Å². The lowest BCUT2D eigenvalue weighted by molar-refractivity contribution is -0.142. The molecule has 0 saturated carbocycles. The summed E-state index contributed by atoms with van der Waals surface area (Å²) in [6.45, 7) is 0.637. The van der Waals surface area contributed by atoms with E-state index in [1.807, 2.05) is 6.92 Å². The Kier molecular flexibility index (Phi) is 8.85. The highest BCUT2D eigenvalue weighted by atomic mass is 32.1. The van der Waals surface area contributed by atoms with Crippen LogP contribution in [0.25, 0.3) is 0 Å². The molecule has 180 valence electrons. The minimum atomic E-state index is -0.806. The molecule has 0 aliphatic heterocycles. The van der Waals surface area contributed by atoms with Gasteiger partial charge >= 0.3 is 11.9 Å². The molecule has 3 aromatic rings. The zero-order chi connectivity index (χ0) is 25.2. The quantitative estimate of drug-likeness (QED) is 0.252. The number of ether oxygens (including phenoxy) is 2. The van der Waals surface area contributed by atoms with E-state index in [0.717, 1.165) is 5.56 Å². The number of nitrogens with one attached hydrogen (secondary N) is 2. The minimum Gasteiger partial charge on any atom is -0.456 e. The number of rotatable bonds is 10. The van der Waals surface area contributed by atoms with Crippen LogP contribution < -0.4 is 15.4 Å². The summed E-state index contributed by atoms with van der Waals surface area (Å²) in [4.78, 5) is 60.2. The van der Waals surface area contributed by atoms with Crippen molar-refractivity contribution >= 4 is 40.9 Å². The van der Waals surface area contributed by atoms with Crippen LogP contribution in [0, 0.1) is 6.92 Å². The first kappa shape index (κ1) is 25.3. The van der Waals surface area contributed by atoms with Gasteiger partial charge in [0.2, 0.25) is 5.91 Å². The summed E-state index contributed by atoms with van der Waals surface area (Å²) in [5, 5.41) is 6.47. The van der Waals surface area contributed by atoms with Crippen LogP contribution in [-0.2, 0) is 14.3 Å². The van der Waals surface area contributed by atoms with E-state index in [9.17, 15) is 24.0 Å². The van der Waals surface area contributed by atoms with E-state index in [0.29, 0.717) is 10.4 Å². The zero-order valence-electron chi connectivity index (χ0n) is 18.7. The molecule has 0 aliphatic rings. The van der Waals surface area contributed by atoms with Crippen molar-refractivity contribution in [2.45, 2.75) is 6.92 Å². The number of thiophene rings is 1. The number of esters is 2. The number of carbonyl (C=O) groups is 5. The standard InChI is InChI=1S/C25H22N2O7S/c1-16-4-6-18(7-5-16)25(32)34-19-10-8-17(9-11-19)20(28)15-33-23(30)14-26-22(29)13-27-24(31)21-3-2-12-35-21/h2-12H,13-15H2,1H3,(H,26,29)(H,27,31). The summed E-state index contributed by atoms with van der Waals surface area (Å²) in [5.74, 6) is -2.50. The Labute approximate surface area is 205 Å². The minimum absolute atomic E-state index is 0.258. The lowest BCUT2D eigenvalue weighted by Gasteiger charge is -2.08. The van der Waals surface area contributed by atoms with E-state index in [-0.39, 0.29) is 23.8 Å². The lowest BCUT2D eigenvalue weighted by Crippen LogP contribution is -2.39. The lowest BCUT2D eigenvalue weighted by atomic mass is 10.1. The van der Waals surface area contributed by atoms with Gasteiger partial charge in [0, 0.05) is 5.56 Å². The maximum atomic E-state index is 12.2. The smallest absolute Gasteiger partial charge is 0.343 e. The predicted octanol–water partition coefficient (Wildman–Crippen LogP) is 2.55. The third kappa shape index (κ3) is 7.90. The van der Waals surface area contributed by atoms with Crippen LogP contribution in [0.15, 0.2) is 66.0 Å². The van der Waals surface area contributed by atoms with Gasteiger partial charge in [0.05, 0.1) is 17.0 Å². The fraction of sp³-hybridized carbons (Fsp3) is 0.160. The number of ketones is 1. The Morgan fingerprint density at radius 3 is 2.17 bits per heavy atom. The molecular weight excluding hydrogens is 472 g/mol. The molecule has 2 N–H and O–H groups in total. The molecule has 0 radical (unpaired) electrons. The van der Waals surface area contributed by atoms with E-state index in [4.69, 9.17) is 9.47 Å². The molecule has 2 amide bonds. The second-order valence-corrected chi connectivity index (χ2v) is 8.25. The number of amides is 2. The molecule has 3 rings (SSSR count). The molecule has 1 heterocycles. The molecule has 1 aromatic heterocycles. The molecule has 0 saturated heterocycles. The normalized spacial score (nSPS) is 10.2. The first-order valence-corrected chi connectivity index (χ1v) is 11.4. The monoisotopic (exact) mass is 494 g/mol. The Balaban J connectivity index is 1.37. The van der Waals surface area contributed by atoms with E-state index < -0.39 is 36.8 Å². The number of benzene rings is 2. The van der Waals surface area contributed by atoms with Gasteiger partial charge in [-0.25, -0.2) is 4.79 Å². The zero-order valence-corrected chi connectivity index (χ0v) is 19.6. The number of hydrogen-bond donors (Lipinski definition) is 2. The van der Waals surface area contributed by atoms with Crippen LogP contribution in [0.1, 0.15) is 36.0 Å². The second-order valence-electron chi connectivity index (χ2n) is 7.30. The third-order valence-corrected chi connectivity index (χ3v) is 5.49. The summed E-state index contributed by atoms with van der Waals surface area (Å²) < 4.78 is 10.2. The average molecular weight is 495 g/mol. The Bertz CT molecular complexity index is 1200. The van der Waals surface area contributed by atoms with Crippen LogP contribution in [0.4, 0.5) is 0 Å². The maximum Gasteiger partial charge on any atom is 0.343 e. The molecule has 0 atom stereocenters. The molecule has 0 unspecified atom stereocenters. The van der Waals surface area contributed by atoms with Gasteiger partial charge < -0.3 is 20.1 Å². The van der Waals surface area contributed by atoms with Gasteiger partial charge in [-0.05, 0) is 54.8 Å². The van der Waals surface area contributed by atoms with Crippen LogP contribution in [0.3, 0.4) is 0 Å². The highest BCUT2D eigenvalue weighted by Crippen LogP contribution is 2.15. The number of hydrogen-bond acceptors (Lipinski definition) is 8. The predicted molar refractivity (Wildman–Crippen MR) is 128 cm³/mol. The summed E-state index contributed by atoms with van der Waals surface area (Å²) in [6, 6.07) is 16.1. The average Bonchev–Trinajstić information content (AvgIpc) is 3.40. The summed E-state index contributed by atoms with van der Waals surface area (Å²) in [7, 11) is 0. The molecule has 9 nitrogen and oxygen atoms in total. The van der Waals surface area contributed by atoms with E-state index in [1.54, 1.807) is 41.8 Å². The first-order chi connectivity index (χ1) is 16.8. The van der Waals surface area contributed by atoms with Crippen molar-refractivity contribution in [3.63, 3.8) is 0 Å². The molecule has 0 bridgehead atoms. The maximum absolute atomic E-state index is 12.2. The van der Waals surface area contributed by atoms with Gasteiger partial charge in [0.1, 0.15) is 12.3 Å². The fourth-order valence-corrected chi connectivity index (χ4v) is 3.37. The molecule has 10 heteroatoms. The molecular formula is C25H22N2O7S. The van der Waals surface area contributed by atoms with Crippen molar-refractivity contribution in [1.82, 2.24) is 10.6 Å². The van der Waals surface area contributed by atoms with Crippen molar-refractivity contribution in [1.29, 1.82) is 0 Å². The fourth-order valence-electron chi connectivity index (χ4n) is 2.73. The van der Waals surface area contributed by atoms with Crippen molar-refractivity contribution < 1.29 is 33.4 Å². The largest absolute Gasteiger partial charge is 0.456 e.